The number of rotatable bonds is 5. The van der Waals surface area contributed by atoms with Crippen LogP contribution in [0.3, 0.4) is 0 Å². The van der Waals surface area contributed by atoms with Gasteiger partial charge in [-0.15, -0.1) is 0 Å². The van der Waals surface area contributed by atoms with Crippen LogP contribution in [-0.4, -0.2) is 47.2 Å². The van der Waals surface area contributed by atoms with Crippen molar-refractivity contribution in [3.63, 3.8) is 0 Å². The number of fused-ring (bicyclic) bond motifs is 5. The van der Waals surface area contributed by atoms with Crippen molar-refractivity contribution < 1.29 is 42.9 Å². The maximum absolute atomic E-state index is 13.5. The van der Waals surface area contributed by atoms with Gasteiger partial charge in [0.05, 0.1) is 23.1 Å². The molecule has 3 aliphatic heterocycles. The van der Waals surface area contributed by atoms with Crippen molar-refractivity contribution in [1.82, 2.24) is 0 Å². The molecule has 10 heteroatoms. The highest BCUT2D eigenvalue weighted by Crippen LogP contribution is 2.59. The third-order valence-electron chi connectivity index (χ3n) is 5.75. The Morgan fingerprint density at radius 1 is 0.906 bits per heavy atom. The zero-order valence-corrected chi connectivity index (χ0v) is 17.8. The summed E-state index contributed by atoms with van der Waals surface area (Å²) in [4.78, 5) is 62.4. The van der Waals surface area contributed by atoms with Crippen LogP contribution in [0.5, 0.6) is 5.75 Å². The van der Waals surface area contributed by atoms with Crippen molar-refractivity contribution >= 4 is 35.4 Å². The number of imide groups is 1. The second kappa shape index (κ2) is 7.27. The zero-order valence-electron chi connectivity index (χ0n) is 17.8. The molecule has 0 radical (unpaired) electrons. The number of amides is 2. The molecule has 2 saturated heterocycles. The standard InChI is InChI=1S/C22H21NO9/c1-11(24)29-15-7-5-14(6-8-15)23-18(27)16-17(19(23)28)22(10-9-21(16,4)32-22)20(30-12(2)25)31-13(3)26/h5-10,16-17,20H,1-4H3/t16-,17-,21-,22-/m1/s1. The van der Waals surface area contributed by atoms with Crippen LogP contribution < -0.4 is 9.64 Å². The lowest BCUT2D eigenvalue weighted by molar-refractivity contribution is -0.231. The highest BCUT2D eigenvalue weighted by atomic mass is 16.7. The van der Waals surface area contributed by atoms with Crippen LogP contribution in [0.1, 0.15) is 27.7 Å². The average molecular weight is 443 g/mol. The number of carbonyl (C=O) groups is 5. The molecule has 0 unspecified atom stereocenters. The molecule has 0 spiro atoms. The van der Waals surface area contributed by atoms with Crippen molar-refractivity contribution in [3.05, 3.63) is 36.4 Å². The molecule has 1 aromatic carbocycles. The third-order valence-corrected chi connectivity index (χ3v) is 5.75. The van der Waals surface area contributed by atoms with Gasteiger partial charge in [0.2, 0.25) is 11.8 Å². The molecule has 10 nitrogen and oxygen atoms in total. The molecule has 3 aliphatic rings. The second-order valence-electron chi connectivity index (χ2n) is 8.08. The summed E-state index contributed by atoms with van der Waals surface area (Å²) < 4.78 is 21.5. The number of ether oxygens (including phenoxy) is 4. The molecule has 2 bridgehead atoms. The smallest absolute Gasteiger partial charge is 0.308 e. The molecule has 1 aromatic rings. The number of benzene rings is 1. The highest BCUT2D eigenvalue weighted by molar-refractivity contribution is 6.23. The average Bonchev–Trinajstić information content (AvgIpc) is 3.27. The van der Waals surface area contributed by atoms with Crippen LogP contribution in [0.4, 0.5) is 5.69 Å². The van der Waals surface area contributed by atoms with Crippen molar-refractivity contribution in [2.24, 2.45) is 11.8 Å². The van der Waals surface area contributed by atoms with E-state index in [-0.39, 0.29) is 11.4 Å². The Balaban J connectivity index is 1.72. The van der Waals surface area contributed by atoms with Crippen LogP contribution in [0.15, 0.2) is 36.4 Å². The van der Waals surface area contributed by atoms with E-state index in [0.29, 0.717) is 0 Å². The molecule has 3 heterocycles. The van der Waals surface area contributed by atoms with E-state index in [1.807, 2.05) is 0 Å². The lowest BCUT2D eigenvalue weighted by Crippen LogP contribution is -2.52. The topological polar surface area (TPSA) is 126 Å². The number of carbonyl (C=O) groups excluding carboxylic acids is 5. The number of nitrogens with zero attached hydrogens (tertiary/aromatic N) is 1. The second-order valence-corrected chi connectivity index (χ2v) is 8.08. The number of anilines is 1. The first-order valence-corrected chi connectivity index (χ1v) is 9.90. The fourth-order valence-electron chi connectivity index (χ4n) is 4.65. The lowest BCUT2D eigenvalue weighted by Gasteiger charge is -2.34. The van der Waals surface area contributed by atoms with Crippen LogP contribution in [-0.2, 0) is 38.2 Å². The van der Waals surface area contributed by atoms with Gasteiger partial charge in [0.1, 0.15) is 5.75 Å². The zero-order chi connectivity index (χ0) is 23.4. The molecule has 0 saturated carbocycles. The van der Waals surface area contributed by atoms with Crippen molar-refractivity contribution in [2.75, 3.05) is 4.90 Å². The van der Waals surface area contributed by atoms with Gasteiger partial charge in [0.15, 0.2) is 5.60 Å². The van der Waals surface area contributed by atoms with Crippen LogP contribution >= 0.6 is 0 Å². The molecule has 0 aliphatic carbocycles. The summed E-state index contributed by atoms with van der Waals surface area (Å²) in [7, 11) is 0. The summed E-state index contributed by atoms with van der Waals surface area (Å²) in [6.07, 6.45) is 1.59. The van der Waals surface area contributed by atoms with Crippen LogP contribution in [0.25, 0.3) is 0 Å². The van der Waals surface area contributed by atoms with E-state index in [9.17, 15) is 24.0 Å². The largest absolute Gasteiger partial charge is 0.427 e. The number of hydrogen-bond acceptors (Lipinski definition) is 9. The van der Waals surface area contributed by atoms with E-state index in [0.717, 1.165) is 18.7 Å². The maximum atomic E-state index is 13.5. The highest BCUT2D eigenvalue weighted by Gasteiger charge is 2.75. The molecule has 4 atom stereocenters. The van der Waals surface area contributed by atoms with Gasteiger partial charge in [-0.1, -0.05) is 6.08 Å². The quantitative estimate of drug-likeness (QED) is 0.217. The van der Waals surface area contributed by atoms with Gasteiger partial charge in [0.25, 0.3) is 6.29 Å². The summed E-state index contributed by atoms with van der Waals surface area (Å²) in [6.45, 7) is 5.17. The lowest BCUT2D eigenvalue weighted by atomic mass is 9.72. The Morgan fingerprint density at radius 3 is 2.00 bits per heavy atom. The SMILES string of the molecule is CC(=O)Oc1ccc(N2C(=O)[C@H]3[C@H](C2=O)[C@@]2(C(OC(C)=O)OC(C)=O)C=C[C@@]3(C)O2)cc1. The molecule has 32 heavy (non-hydrogen) atoms. The molecule has 2 amide bonds. The summed E-state index contributed by atoms with van der Waals surface area (Å²) in [6, 6.07) is 5.89. The Morgan fingerprint density at radius 2 is 1.47 bits per heavy atom. The molecule has 0 N–H and O–H groups in total. The van der Waals surface area contributed by atoms with Crippen molar-refractivity contribution in [1.29, 1.82) is 0 Å². The van der Waals surface area contributed by atoms with Gasteiger partial charge in [-0.05, 0) is 37.3 Å². The number of hydrogen-bond donors (Lipinski definition) is 0. The predicted octanol–water partition coefficient (Wildman–Crippen LogP) is 1.27. The first-order chi connectivity index (χ1) is 15.0. The normalized spacial score (nSPS) is 30.0. The van der Waals surface area contributed by atoms with E-state index >= 15 is 0 Å². The summed E-state index contributed by atoms with van der Waals surface area (Å²) in [5.74, 6) is -4.81. The fourth-order valence-corrected chi connectivity index (χ4v) is 4.65. The minimum atomic E-state index is -1.64. The molecule has 4 rings (SSSR count). The van der Waals surface area contributed by atoms with E-state index in [4.69, 9.17) is 18.9 Å². The maximum Gasteiger partial charge on any atom is 0.308 e. The first kappa shape index (κ1) is 21.7. The number of esters is 3. The van der Waals surface area contributed by atoms with Gasteiger partial charge in [-0.2, -0.15) is 0 Å². The van der Waals surface area contributed by atoms with Crippen LogP contribution in [0.2, 0.25) is 0 Å². The van der Waals surface area contributed by atoms with E-state index in [1.54, 1.807) is 13.0 Å². The Bertz CT molecular complexity index is 1050. The summed E-state index contributed by atoms with van der Waals surface area (Å²) in [5.41, 5.74) is -2.53. The fraction of sp³-hybridized carbons (Fsp3) is 0.409. The van der Waals surface area contributed by atoms with Gasteiger partial charge in [-0.25, -0.2) is 4.90 Å². The third kappa shape index (κ3) is 3.18. The Hall–Kier alpha value is -3.53. The van der Waals surface area contributed by atoms with Gasteiger partial charge >= 0.3 is 17.9 Å². The summed E-state index contributed by atoms with van der Waals surface area (Å²) in [5, 5.41) is 0. The van der Waals surface area contributed by atoms with Gasteiger partial charge in [-0.3, -0.25) is 24.0 Å². The predicted molar refractivity (Wildman–Crippen MR) is 106 cm³/mol. The molecular weight excluding hydrogens is 422 g/mol. The minimum absolute atomic E-state index is 0.263. The molecule has 0 aromatic heterocycles. The molecule has 2 fully saturated rings. The Labute approximate surface area is 183 Å². The van der Waals surface area contributed by atoms with Gasteiger partial charge in [0, 0.05) is 20.8 Å². The van der Waals surface area contributed by atoms with E-state index in [1.165, 1.54) is 37.3 Å². The first-order valence-electron chi connectivity index (χ1n) is 9.90. The van der Waals surface area contributed by atoms with E-state index in [2.05, 4.69) is 0 Å². The van der Waals surface area contributed by atoms with Gasteiger partial charge < -0.3 is 18.9 Å². The Kier molecular flexibility index (Phi) is 4.93. The summed E-state index contributed by atoms with van der Waals surface area (Å²) >= 11 is 0. The minimum Gasteiger partial charge on any atom is -0.427 e. The monoisotopic (exact) mass is 443 g/mol. The van der Waals surface area contributed by atoms with Crippen LogP contribution in [0, 0.1) is 11.8 Å². The molecule has 168 valence electrons. The van der Waals surface area contributed by atoms with Crippen molar-refractivity contribution in [3.8, 4) is 5.75 Å². The van der Waals surface area contributed by atoms with Crippen molar-refractivity contribution in [2.45, 2.75) is 45.2 Å². The van der Waals surface area contributed by atoms with E-state index < -0.39 is 59.1 Å². The molecular formula is C22H21NO9.